The zero-order valence-electron chi connectivity index (χ0n) is 14.9. The number of nitrogens with one attached hydrogen (secondary N) is 1. The molecule has 0 amide bonds. The Hall–Kier alpha value is -3.86. The number of aromatic nitrogens is 3. The second-order valence-electron chi connectivity index (χ2n) is 5.60. The second kappa shape index (κ2) is 8.01. The average Bonchev–Trinajstić information content (AvgIpc) is 2.68. The fraction of sp³-hybridized carbons (Fsp3) is 0.158. The first kappa shape index (κ1) is 17.9. The predicted octanol–water partition coefficient (Wildman–Crippen LogP) is 2.68. The van der Waals surface area contributed by atoms with Crippen LogP contribution in [0.4, 0.5) is 17.6 Å². The largest absolute Gasteiger partial charge is 0.497 e. The fourth-order valence-electron chi connectivity index (χ4n) is 2.52. The number of nitrogens with zero attached hydrogens (tertiary/aromatic N) is 4. The Labute approximate surface area is 156 Å². The summed E-state index contributed by atoms with van der Waals surface area (Å²) in [5.41, 5.74) is 8.02. The summed E-state index contributed by atoms with van der Waals surface area (Å²) in [4.78, 5) is 12.7. The van der Waals surface area contributed by atoms with E-state index in [-0.39, 0.29) is 5.95 Å². The van der Waals surface area contributed by atoms with Crippen LogP contribution in [-0.4, -0.2) is 29.2 Å². The van der Waals surface area contributed by atoms with E-state index in [1.165, 1.54) is 0 Å². The number of rotatable bonds is 6. The Morgan fingerprint density at radius 2 is 1.81 bits per heavy atom. The maximum Gasteiger partial charge on any atom is 0.232 e. The molecule has 0 spiro atoms. The van der Waals surface area contributed by atoms with Crippen molar-refractivity contribution in [2.24, 2.45) is 0 Å². The Morgan fingerprint density at radius 1 is 1.04 bits per heavy atom. The van der Waals surface area contributed by atoms with Crippen LogP contribution in [0.5, 0.6) is 11.5 Å². The monoisotopic (exact) mass is 362 g/mol. The van der Waals surface area contributed by atoms with Crippen molar-refractivity contribution in [1.82, 2.24) is 15.0 Å². The summed E-state index contributed by atoms with van der Waals surface area (Å²) in [7, 11) is 3.21. The van der Waals surface area contributed by atoms with E-state index in [9.17, 15) is 0 Å². The molecule has 0 radical (unpaired) electrons. The molecule has 2 aromatic carbocycles. The van der Waals surface area contributed by atoms with Crippen molar-refractivity contribution in [3.05, 3.63) is 59.4 Å². The molecule has 0 saturated carbocycles. The summed E-state index contributed by atoms with van der Waals surface area (Å²) in [6, 6.07) is 14.5. The first-order valence-electron chi connectivity index (χ1n) is 8.10. The van der Waals surface area contributed by atoms with E-state index in [4.69, 9.17) is 20.5 Å². The van der Waals surface area contributed by atoms with Crippen LogP contribution in [0.2, 0.25) is 0 Å². The van der Waals surface area contributed by atoms with Gasteiger partial charge in [0.1, 0.15) is 17.3 Å². The maximum atomic E-state index is 8.87. The van der Waals surface area contributed by atoms with E-state index in [2.05, 4.69) is 26.3 Å². The lowest BCUT2D eigenvalue weighted by molar-refractivity contribution is 0.399. The molecule has 0 aliphatic rings. The second-order valence-corrected chi connectivity index (χ2v) is 5.60. The van der Waals surface area contributed by atoms with Crippen LogP contribution in [0.25, 0.3) is 0 Å². The lowest BCUT2D eigenvalue weighted by atomic mass is 10.1. The molecule has 3 aromatic rings. The summed E-state index contributed by atoms with van der Waals surface area (Å²) < 4.78 is 10.7. The molecule has 0 aliphatic heterocycles. The van der Waals surface area contributed by atoms with Crippen LogP contribution in [0, 0.1) is 11.3 Å². The van der Waals surface area contributed by atoms with Gasteiger partial charge in [0.05, 0.1) is 25.9 Å². The SMILES string of the molecule is COc1ccc(OC)c(Cc2nc(N)nc(Nc3ccc(C#N)cc3)n2)c1. The van der Waals surface area contributed by atoms with Crippen molar-refractivity contribution >= 4 is 17.6 Å². The van der Waals surface area contributed by atoms with Crippen LogP contribution in [0.15, 0.2) is 42.5 Å². The van der Waals surface area contributed by atoms with E-state index >= 15 is 0 Å². The topological polar surface area (TPSA) is 119 Å². The van der Waals surface area contributed by atoms with Gasteiger partial charge in [-0.15, -0.1) is 0 Å². The molecule has 8 heteroatoms. The molecule has 0 fully saturated rings. The number of nitriles is 1. The summed E-state index contributed by atoms with van der Waals surface area (Å²) in [6.45, 7) is 0. The number of anilines is 3. The number of nitrogens with two attached hydrogens (primary N) is 1. The number of hydrogen-bond donors (Lipinski definition) is 2. The van der Waals surface area contributed by atoms with Crippen molar-refractivity contribution in [2.45, 2.75) is 6.42 Å². The van der Waals surface area contributed by atoms with E-state index in [0.29, 0.717) is 35.3 Å². The fourth-order valence-corrected chi connectivity index (χ4v) is 2.52. The van der Waals surface area contributed by atoms with Crippen molar-refractivity contribution in [2.75, 3.05) is 25.3 Å². The highest BCUT2D eigenvalue weighted by atomic mass is 16.5. The van der Waals surface area contributed by atoms with Crippen molar-refractivity contribution < 1.29 is 9.47 Å². The van der Waals surface area contributed by atoms with Gasteiger partial charge in [-0.1, -0.05) is 0 Å². The van der Waals surface area contributed by atoms with Crippen LogP contribution in [0.1, 0.15) is 17.0 Å². The third kappa shape index (κ3) is 4.41. The van der Waals surface area contributed by atoms with Crippen LogP contribution in [-0.2, 0) is 6.42 Å². The van der Waals surface area contributed by atoms with Gasteiger partial charge in [0.25, 0.3) is 0 Å². The molecule has 27 heavy (non-hydrogen) atoms. The van der Waals surface area contributed by atoms with Gasteiger partial charge in [0.2, 0.25) is 11.9 Å². The Bertz CT molecular complexity index is 982. The number of methoxy groups -OCH3 is 2. The van der Waals surface area contributed by atoms with E-state index in [0.717, 1.165) is 11.3 Å². The summed E-state index contributed by atoms with van der Waals surface area (Å²) >= 11 is 0. The van der Waals surface area contributed by atoms with E-state index in [1.54, 1.807) is 38.5 Å². The number of ether oxygens (including phenoxy) is 2. The van der Waals surface area contributed by atoms with Gasteiger partial charge in [-0.05, 0) is 42.5 Å². The molecule has 0 atom stereocenters. The smallest absolute Gasteiger partial charge is 0.232 e. The number of hydrogen-bond acceptors (Lipinski definition) is 8. The van der Waals surface area contributed by atoms with Gasteiger partial charge in [-0.2, -0.15) is 20.2 Å². The predicted molar refractivity (Wildman–Crippen MR) is 101 cm³/mol. The van der Waals surface area contributed by atoms with Crippen molar-refractivity contribution in [1.29, 1.82) is 5.26 Å². The van der Waals surface area contributed by atoms with Gasteiger partial charge in [0.15, 0.2) is 0 Å². The van der Waals surface area contributed by atoms with Crippen LogP contribution < -0.4 is 20.5 Å². The van der Waals surface area contributed by atoms with E-state index in [1.807, 2.05) is 18.2 Å². The first-order valence-corrected chi connectivity index (χ1v) is 8.10. The highest BCUT2D eigenvalue weighted by Gasteiger charge is 2.11. The van der Waals surface area contributed by atoms with Gasteiger partial charge >= 0.3 is 0 Å². The lowest BCUT2D eigenvalue weighted by Crippen LogP contribution is -2.08. The highest BCUT2D eigenvalue weighted by molar-refractivity contribution is 5.55. The number of nitrogen functional groups attached to an aromatic ring is 1. The molecular weight excluding hydrogens is 344 g/mol. The third-order valence-electron chi connectivity index (χ3n) is 3.81. The molecule has 0 saturated heterocycles. The zero-order valence-corrected chi connectivity index (χ0v) is 14.9. The van der Waals surface area contributed by atoms with Crippen LogP contribution >= 0.6 is 0 Å². The Balaban J connectivity index is 1.86. The molecule has 1 aromatic heterocycles. The highest BCUT2D eigenvalue weighted by Crippen LogP contribution is 2.26. The van der Waals surface area contributed by atoms with Crippen LogP contribution in [0.3, 0.4) is 0 Å². The standard InChI is InChI=1S/C19H18N6O2/c1-26-15-7-8-16(27-2)13(9-15)10-17-23-18(21)25-19(24-17)22-14-5-3-12(11-20)4-6-14/h3-9H,10H2,1-2H3,(H3,21,22,23,24,25). The van der Waals surface area contributed by atoms with E-state index < -0.39 is 0 Å². The lowest BCUT2D eigenvalue weighted by Gasteiger charge is -2.11. The first-order chi connectivity index (χ1) is 13.1. The van der Waals surface area contributed by atoms with Gasteiger partial charge < -0.3 is 20.5 Å². The molecule has 0 aliphatic carbocycles. The Kier molecular flexibility index (Phi) is 5.33. The summed E-state index contributed by atoms with van der Waals surface area (Å²) in [6.07, 6.45) is 0.398. The summed E-state index contributed by atoms with van der Waals surface area (Å²) in [5.74, 6) is 2.34. The van der Waals surface area contributed by atoms with Crippen molar-refractivity contribution in [3.63, 3.8) is 0 Å². The molecule has 3 rings (SSSR count). The Morgan fingerprint density at radius 3 is 2.48 bits per heavy atom. The maximum absolute atomic E-state index is 8.87. The molecular formula is C19H18N6O2. The third-order valence-corrected chi connectivity index (χ3v) is 3.81. The average molecular weight is 362 g/mol. The van der Waals surface area contributed by atoms with Gasteiger partial charge in [-0.3, -0.25) is 0 Å². The van der Waals surface area contributed by atoms with Gasteiger partial charge in [-0.25, -0.2) is 0 Å². The minimum absolute atomic E-state index is 0.109. The zero-order chi connectivity index (χ0) is 19.2. The quantitative estimate of drug-likeness (QED) is 0.687. The van der Waals surface area contributed by atoms with Crippen molar-refractivity contribution in [3.8, 4) is 17.6 Å². The number of benzene rings is 2. The molecule has 0 unspecified atom stereocenters. The minimum Gasteiger partial charge on any atom is -0.497 e. The normalized spacial score (nSPS) is 10.1. The molecule has 3 N–H and O–H groups in total. The van der Waals surface area contributed by atoms with Gasteiger partial charge in [0, 0.05) is 17.7 Å². The minimum atomic E-state index is 0.109. The molecule has 0 bridgehead atoms. The molecule has 8 nitrogen and oxygen atoms in total. The molecule has 1 heterocycles. The summed E-state index contributed by atoms with van der Waals surface area (Å²) in [5, 5.41) is 11.9. The molecule has 136 valence electrons.